The molecular weight excluding hydrogens is 176 g/mol. The molecule has 2 amide bonds. The summed E-state index contributed by atoms with van der Waals surface area (Å²) in [7, 11) is -0.843. The quantitative estimate of drug-likeness (QED) is 0.669. The maximum absolute atomic E-state index is 11.0. The molecular formula is C7H14N2O2S. The summed E-state index contributed by atoms with van der Waals surface area (Å²) in [5, 5.41) is 2.77. The van der Waals surface area contributed by atoms with Crippen molar-refractivity contribution in [2.75, 3.05) is 25.9 Å². The Morgan fingerprint density at radius 1 is 1.75 bits per heavy atom. The van der Waals surface area contributed by atoms with E-state index in [2.05, 4.69) is 5.32 Å². The lowest BCUT2D eigenvalue weighted by Crippen LogP contribution is -2.35. The molecule has 12 heavy (non-hydrogen) atoms. The summed E-state index contributed by atoms with van der Waals surface area (Å²) in [6, 6.07) is -0.0349. The lowest BCUT2D eigenvalue weighted by atomic mass is 10.4. The molecule has 0 spiro atoms. The first-order chi connectivity index (χ1) is 5.61. The van der Waals surface area contributed by atoms with Crippen LogP contribution < -0.4 is 5.32 Å². The van der Waals surface area contributed by atoms with Crippen molar-refractivity contribution in [3.63, 3.8) is 0 Å². The monoisotopic (exact) mass is 190 g/mol. The molecule has 0 radical (unpaired) electrons. The minimum absolute atomic E-state index is 0.0349. The number of carbonyl (C=O) groups excluding carboxylic acids is 1. The highest BCUT2D eigenvalue weighted by molar-refractivity contribution is 7.84. The molecule has 0 aromatic heterocycles. The third-order valence-electron chi connectivity index (χ3n) is 1.99. The highest BCUT2D eigenvalue weighted by atomic mass is 32.2. The van der Waals surface area contributed by atoms with Crippen LogP contribution in [0.4, 0.5) is 4.79 Å². The molecule has 70 valence electrons. The molecule has 0 aromatic rings. The topological polar surface area (TPSA) is 49.4 Å². The Morgan fingerprint density at radius 2 is 2.42 bits per heavy atom. The first kappa shape index (κ1) is 9.51. The van der Waals surface area contributed by atoms with Crippen molar-refractivity contribution < 1.29 is 9.00 Å². The van der Waals surface area contributed by atoms with Crippen molar-refractivity contribution >= 4 is 16.8 Å². The zero-order valence-corrected chi connectivity index (χ0v) is 8.19. The number of hydrogen-bond donors (Lipinski definition) is 1. The standard InChI is InChI=1S/C7H14N2O2S/c1-6(12(2)11)5-9-4-3-8-7(9)10/h6H,3-5H2,1-2H3,(H,8,10). The zero-order valence-electron chi connectivity index (χ0n) is 7.37. The van der Waals surface area contributed by atoms with Crippen LogP contribution in [0.25, 0.3) is 0 Å². The Balaban J connectivity index is 2.40. The van der Waals surface area contributed by atoms with Gasteiger partial charge in [-0.25, -0.2) is 4.79 Å². The molecule has 1 heterocycles. The van der Waals surface area contributed by atoms with Gasteiger partial charge in [-0.1, -0.05) is 0 Å². The third-order valence-corrected chi connectivity index (χ3v) is 3.27. The van der Waals surface area contributed by atoms with Crippen molar-refractivity contribution in [1.82, 2.24) is 10.2 Å². The number of hydrogen-bond acceptors (Lipinski definition) is 2. The van der Waals surface area contributed by atoms with Crippen LogP contribution in [0.15, 0.2) is 0 Å². The van der Waals surface area contributed by atoms with Gasteiger partial charge in [-0.05, 0) is 6.92 Å². The van der Waals surface area contributed by atoms with Gasteiger partial charge in [0.25, 0.3) is 0 Å². The van der Waals surface area contributed by atoms with Crippen molar-refractivity contribution in [3.05, 3.63) is 0 Å². The predicted octanol–water partition coefficient (Wildman–Crippen LogP) is -0.221. The fourth-order valence-corrected chi connectivity index (χ4v) is 1.49. The van der Waals surface area contributed by atoms with Gasteiger partial charge in [0.05, 0.1) is 0 Å². The highest BCUT2D eigenvalue weighted by Crippen LogP contribution is 2.01. The molecule has 2 unspecified atom stereocenters. The van der Waals surface area contributed by atoms with Gasteiger partial charge in [-0.3, -0.25) is 4.21 Å². The summed E-state index contributed by atoms with van der Waals surface area (Å²) < 4.78 is 11.0. The van der Waals surface area contributed by atoms with Gasteiger partial charge in [0.1, 0.15) is 0 Å². The van der Waals surface area contributed by atoms with Gasteiger partial charge in [0.2, 0.25) is 0 Å². The van der Waals surface area contributed by atoms with E-state index < -0.39 is 10.8 Å². The van der Waals surface area contributed by atoms with Crippen LogP contribution in [0.3, 0.4) is 0 Å². The van der Waals surface area contributed by atoms with Crippen molar-refractivity contribution in [2.45, 2.75) is 12.2 Å². The predicted molar refractivity (Wildman–Crippen MR) is 48.5 cm³/mol. The molecule has 2 atom stereocenters. The molecule has 0 saturated carbocycles. The summed E-state index contributed by atoms with van der Waals surface area (Å²) in [4.78, 5) is 12.7. The molecule has 1 aliphatic heterocycles. The SMILES string of the molecule is CC(CN1CCNC1=O)S(C)=O. The Kier molecular flexibility index (Phi) is 3.08. The maximum atomic E-state index is 11.0. The first-order valence-corrected chi connectivity index (χ1v) is 5.58. The molecule has 1 saturated heterocycles. The average molecular weight is 190 g/mol. The average Bonchev–Trinajstić information content (AvgIpc) is 2.36. The molecule has 4 nitrogen and oxygen atoms in total. The summed E-state index contributed by atoms with van der Waals surface area (Å²) >= 11 is 0. The Hall–Kier alpha value is -0.580. The van der Waals surface area contributed by atoms with Crippen molar-refractivity contribution in [1.29, 1.82) is 0 Å². The molecule has 5 heteroatoms. The van der Waals surface area contributed by atoms with E-state index in [9.17, 15) is 9.00 Å². The second kappa shape index (κ2) is 3.89. The minimum Gasteiger partial charge on any atom is -0.336 e. The maximum Gasteiger partial charge on any atom is 0.317 e. The molecule has 1 N–H and O–H groups in total. The minimum atomic E-state index is -0.843. The molecule has 1 fully saturated rings. The number of amides is 2. The van der Waals surface area contributed by atoms with Gasteiger partial charge >= 0.3 is 6.03 Å². The van der Waals surface area contributed by atoms with Crippen LogP contribution in [0.1, 0.15) is 6.92 Å². The Labute approximate surface area is 74.8 Å². The summed E-state index contributed by atoms with van der Waals surface area (Å²) in [6.07, 6.45) is 1.67. The van der Waals surface area contributed by atoms with Gasteiger partial charge in [-0.15, -0.1) is 0 Å². The fraction of sp³-hybridized carbons (Fsp3) is 0.857. The number of rotatable bonds is 3. The number of nitrogens with zero attached hydrogens (tertiary/aromatic N) is 1. The van der Waals surface area contributed by atoms with E-state index in [4.69, 9.17) is 0 Å². The van der Waals surface area contributed by atoms with Crippen LogP contribution in [0.2, 0.25) is 0 Å². The molecule has 0 aromatic carbocycles. The van der Waals surface area contributed by atoms with E-state index in [1.54, 1.807) is 11.2 Å². The van der Waals surface area contributed by atoms with Gasteiger partial charge in [0.15, 0.2) is 0 Å². The largest absolute Gasteiger partial charge is 0.336 e. The van der Waals surface area contributed by atoms with E-state index >= 15 is 0 Å². The number of nitrogens with one attached hydrogen (secondary N) is 1. The van der Waals surface area contributed by atoms with Crippen molar-refractivity contribution in [3.8, 4) is 0 Å². The van der Waals surface area contributed by atoms with E-state index in [-0.39, 0.29) is 11.3 Å². The zero-order chi connectivity index (χ0) is 9.14. The summed E-state index contributed by atoms with van der Waals surface area (Å²) in [6.45, 7) is 3.93. The van der Waals surface area contributed by atoms with Crippen LogP contribution >= 0.6 is 0 Å². The van der Waals surface area contributed by atoms with Crippen LogP contribution in [-0.2, 0) is 10.8 Å². The second-order valence-electron chi connectivity index (χ2n) is 2.99. The molecule has 0 bridgehead atoms. The molecule has 1 aliphatic rings. The summed E-state index contributed by atoms with van der Waals surface area (Å²) in [5.41, 5.74) is 0. The molecule has 0 aliphatic carbocycles. The lowest BCUT2D eigenvalue weighted by molar-refractivity contribution is 0.218. The fourth-order valence-electron chi connectivity index (χ4n) is 1.10. The second-order valence-corrected chi connectivity index (χ2v) is 4.79. The van der Waals surface area contributed by atoms with Crippen molar-refractivity contribution in [2.24, 2.45) is 0 Å². The van der Waals surface area contributed by atoms with E-state index in [0.29, 0.717) is 13.1 Å². The smallest absolute Gasteiger partial charge is 0.317 e. The van der Waals surface area contributed by atoms with E-state index in [0.717, 1.165) is 6.54 Å². The Bertz CT molecular complexity index is 208. The van der Waals surface area contributed by atoms with Crippen LogP contribution in [-0.4, -0.2) is 46.3 Å². The van der Waals surface area contributed by atoms with E-state index in [1.165, 1.54) is 0 Å². The highest BCUT2D eigenvalue weighted by Gasteiger charge is 2.22. The van der Waals surface area contributed by atoms with Gasteiger partial charge in [0, 0.05) is 41.9 Å². The Morgan fingerprint density at radius 3 is 2.83 bits per heavy atom. The van der Waals surface area contributed by atoms with Gasteiger partial charge < -0.3 is 10.2 Å². The lowest BCUT2D eigenvalue weighted by Gasteiger charge is -2.17. The normalized spacial score (nSPS) is 22.2. The van der Waals surface area contributed by atoms with Gasteiger partial charge in [-0.2, -0.15) is 0 Å². The summed E-state index contributed by atoms with van der Waals surface area (Å²) in [5.74, 6) is 0. The van der Waals surface area contributed by atoms with Crippen LogP contribution in [0.5, 0.6) is 0 Å². The van der Waals surface area contributed by atoms with Crippen LogP contribution in [0, 0.1) is 0 Å². The number of urea groups is 1. The first-order valence-electron chi connectivity index (χ1n) is 3.96. The molecule has 1 rings (SSSR count). The third kappa shape index (κ3) is 2.20. The number of carbonyl (C=O) groups is 1. The van der Waals surface area contributed by atoms with E-state index in [1.807, 2.05) is 6.92 Å².